The molecule has 6 N–H and O–H groups in total. The van der Waals surface area contributed by atoms with Gasteiger partial charge in [-0.2, -0.15) is 13.2 Å². The van der Waals surface area contributed by atoms with Crippen molar-refractivity contribution in [3.05, 3.63) is 35.4 Å². The van der Waals surface area contributed by atoms with E-state index in [9.17, 15) is 22.8 Å². The number of aliphatic carboxylic acids is 2. The van der Waals surface area contributed by atoms with E-state index in [4.69, 9.17) is 21.7 Å². The van der Waals surface area contributed by atoms with Crippen LogP contribution in [0.25, 0.3) is 0 Å². The minimum Gasteiger partial charge on any atom is -0.481 e. The van der Waals surface area contributed by atoms with E-state index in [0.717, 1.165) is 31.7 Å². The molecule has 0 radical (unpaired) electrons. The Morgan fingerprint density at radius 1 is 1.11 bits per heavy atom. The Hall–Kier alpha value is -2.13. The third-order valence-electron chi connectivity index (χ3n) is 4.95. The zero-order chi connectivity index (χ0) is 21.4. The van der Waals surface area contributed by atoms with Crippen molar-refractivity contribution in [2.75, 3.05) is 6.54 Å². The molecule has 1 aliphatic rings. The molecule has 158 valence electrons. The van der Waals surface area contributed by atoms with Gasteiger partial charge >= 0.3 is 18.1 Å². The molecule has 0 amide bonds. The quantitative estimate of drug-likeness (QED) is 0.577. The Morgan fingerprint density at radius 2 is 1.68 bits per heavy atom. The van der Waals surface area contributed by atoms with Crippen molar-refractivity contribution < 1.29 is 33.0 Å². The van der Waals surface area contributed by atoms with E-state index in [1.165, 1.54) is 24.6 Å². The van der Waals surface area contributed by atoms with E-state index in [2.05, 4.69) is 0 Å². The average molecular weight is 404 g/mol. The minimum absolute atomic E-state index is 0.0793. The van der Waals surface area contributed by atoms with Gasteiger partial charge in [-0.15, -0.1) is 0 Å². The van der Waals surface area contributed by atoms with E-state index in [1.54, 1.807) is 0 Å². The normalized spacial score (nSPS) is 17.2. The van der Waals surface area contributed by atoms with Crippen LogP contribution in [0.1, 0.15) is 49.7 Å². The molecule has 0 saturated heterocycles. The van der Waals surface area contributed by atoms with Gasteiger partial charge in [0.05, 0.1) is 12.0 Å². The molecule has 0 heterocycles. The summed E-state index contributed by atoms with van der Waals surface area (Å²) in [6, 6.07) is 3.47. The number of benzene rings is 1. The van der Waals surface area contributed by atoms with Gasteiger partial charge in [0, 0.05) is 0 Å². The van der Waals surface area contributed by atoms with E-state index in [1.807, 2.05) is 0 Å². The lowest BCUT2D eigenvalue weighted by Crippen LogP contribution is -2.34. The average Bonchev–Trinajstić information content (AvgIpc) is 2.62. The highest BCUT2D eigenvalue weighted by Gasteiger charge is 2.34. The van der Waals surface area contributed by atoms with Gasteiger partial charge in [-0.1, -0.05) is 37.5 Å². The number of carboxylic acid groups (broad SMARTS) is 2. The van der Waals surface area contributed by atoms with Crippen LogP contribution in [0, 0.1) is 5.41 Å². The highest BCUT2D eigenvalue weighted by molar-refractivity contribution is 5.73. The Morgan fingerprint density at radius 3 is 2.14 bits per heavy atom. The molecule has 28 heavy (non-hydrogen) atoms. The van der Waals surface area contributed by atoms with Crippen molar-refractivity contribution in [2.24, 2.45) is 16.9 Å². The topological polar surface area (TPSA) is 127 Å². The second kappa shape index (κ2) is 10.4. The number of halogens is 3. The highest BCUT2D eigenvalue weighted by Crippen LogP contribution is 2.38. The second-order valence-electron chi connectivity index (χ2n) is 7.14. The minimum atomic E-state index is -4.49. The van der Waals surface area contributed by atoms with Crippen LogP contribution >= 0.6 is 0 Å². The van der Waals surface area contributed by atoms with Crippen molar-refractivity contribution in [3.8, 4) is 0 Å². The molecule has 1 aromatic rings. The fourth-order valence-electron chi connectivity index (χ4n) is 3.37. The Kier molecular flexibility index (Phi) is 8.90. The van der Waals surface area contributed by atoms with Crippen LogP contribution in [0.3, 0.4) is 0 Å². The lowest BCUT2D eigenvalue weighted by molar-refractivity contribution is -0.140. The summed E-state index contributed by atoms with van der Waals surface area (Å²) in [6.07, 6.45) is 0.936. The standard InChI is InChI=1S/C10H10F3NO2.C9H17NO2/c11-10(12,13)7-4-2-1-3-6(7)5-8(14)9(15)16;10-7-9(6-8(11)12)4-2-1-3-5-9/h1-4,8H,5,14H2,(H,15,16);1-7,10H2,(H,11,12)/t8-;/m0./s1. The molecular weight excluding hydrogens is 377 g/mol. The summed E-state index contributed by atoms with van der Waals surface area (Å²) in [5, 5.41) is 17.2. The number of carbonyl (C=O) groups is 2. The molecule has 0 aliphatic heterocycles. The first kappa shape index (κ1) is 23.9. The number of rotatable bonds is 6. The largest absolute Gasteiger partial charge is 0.481 e. The Bertz CT molecular complexity index is 659. The van der Waals surface area contributed by atoms with Gasteiger partial charge in [-0.25, -0.2) is 0 Å². The maximum absolute atomic E-state index is 12.5. The zero-order valence-corrected chi connectivity index (χ0v) is 15.5. The van der Waals surface area contributed by atoms with Crippen LogP contribution in [0.15, 0.2) is 24.3 Å². The number of hydrogen-bond acceptors (Lipinski definition) is 4. The van der Waals surface area contributed by atoms with Crippen LogP contribution in [-0.4, -0.2) is 34.7 Å². The molecule has 1 aromatic carbocycles. The molecule has 2 rings (SSSR count). The van der Waals surface area contributed by atoms with Crippen molar-refractivity contribution in [1.29, 1.82) is 0 Å². The molecule has 0 bridgehead atoms. The van der Waals surface area contributed by atoms with Gasteiger partial charge < -0.3 is 21.7 Å². The molecule has 0 aromatic heterocycles. The van der Waals surface area contributed by atoms with Crippen LogP contribution in [0.4, 0.5) is 13.2 Å². The number of hydrogen-bond donors (Lipinski definition) is 4. The summed E-state index contributed by atoms with van der Waals surface area (Å²) in [5.41, 5.74) is 9.79. The highest BCUT2D eigenvalue weighted by atomic mass is 19.4. The molecule has 1 fully saturated rings. The van der Waals surface area contributed by atoms with E-state index in [-0.39, 0.29) is 23.8 Å². The predicted molar refractivity (Wildman–Crippen MR) is 97.6 cm³/mol. The summed E-state index contributed by atoms with van der Waals surface area (Å²) >= 11 is 0. The van der Waals surface area contributed by atoms with Crippen LogP contribution in [-0.2, 0) is 22.2 Å². The maximum atomic E-state index is 12.5. The zero-order valence-electron chi connectivity index (χ0n) is 15.5. The molecule has 1 saturated carbocycles. The molecule has 0 spiro atoms. The van der Waals surface area contributed by atoms with E-state index in [0.29, 0.717) is 6.54 Å². The third kappa shape index (κ3) is 7.47. The summed E-state index contributed by atoms with van der Waals surface area (Å²) in [6.45, 7) is 0.527. The molecule has 0 unspecified atom stereocenters. The summed E-state index contributed by atoms with van der Waals surface area (Å²) in [4.78, 5) is 21.0. The Balaban J connectivity index is 0.000000292. The molecule has 1 aliphatic carbocycles. The van der Waals surface area contributed by atoms with Gasteiger partial charge in [-0.05, 0) is 42.9 Å². The molecule has 6 nitrogen and oxygen atoms in total. The van der Waals surface area contributed by atoms with Crippen LogP contribution in [0.5, 0.6) is 0 Å². The van der Waals surface area contributed by atoms with Gasteiger partial charge in [0.25, 0.3) is 0 Å². The van der Waals surface area contributed by atoms with E-state index >= 15 is 0 Å². The summed E-state index contributed by atoms with van der Waals surface area (Å²) < 4.78 is 37.5. The first-order chi connectivity index (χ1) is 13.0. The lowest BCUT2D eigenvalue weighted by Gasteiger charge is -2.34. The third-order valence-corrected chi connectivity index (χ3v) is 4.95. The number of nitrogens with two attached hydrogens (primary N) is 2. The van der Waals surface area contributed by atoms with Gasteiger partial charge in [-0.3, -0.25) is 9.59 Å². The fourth-order valence-corrected chi connectivity index (χ4v) is 3.37. The van der Waals surface area contributed by atoms with Gasteiger partial charge in [0.15, 0.2) is 0 Å². The smallest absolute Gasteiger partial charge is 0.416 e. The Labute approximate surface area is 161 Å². The summed E-state index contributed by atoms with van der Waals surface area (Å²) in [5.74, 6) is -2.03. The second-order valence-corrected chi connectivity index (χ2v) is 7.14. The van der Waals surface area contributed by atoms with Crippen molar-refractivity contribution in [3.63, 3.8) is 0 Å². The number of alkyl halides is 3. The van der Waals surface area contributed by atoms with Crippen molar-refractivity contribution in [2.45, 2.75) is 57.2 Å². The van der Waals surface area contributed by atoms with Crippen molar-refractivity contribution >= 4 is 11.9 Å². The van der Waals surface area contributed by atoms with Crippen molar-refractivity contribution in [1.82, 2.24) is 0 Å². The SMILES string of the molecule is NCC1(CC(=O)O)CCCCC1.N[C@@H](Cc1ccccc1C(F)(F)F)C(=O)O. The summed E-state index contributed by atoms with van der Waals surface area (Å²) in [7, 11) is 0. The van der Waals surface area contributed by atoms with E-state index < -0.39 is 29.7 Å². The first-order valence-corrected chi connectivity index (χ1v) is 9.06. The lowest BCUT2D eigenvalue weighted by atomic mass is 9.72. The molecule has 1 atom stereocenters. The fraction of sp³-hybridized carbons (Fsp3) is 0.579. The van der Waals surface area contributed by atoms with Gasteiger partial charge in [0.1, 0.15) is 6.04 Å². The van der Waals surface area contributed by atoms with Crippen LogP contribution in [0.2, 0.25) is 0 Å². The number of carboxylic acids is 2. The molecular formula is C19H27F3N2O4. The molecule has 9 heteroatoms. The van der Waals surface area contributed by atoms with Crippen LogP contribution < -0.4 is 11.5 Å². The van der Waals surface area contributed by atoms with Gasteiger partial charge in [0.2, 0.25) is 0 Å². The maximum Gasteiger partial charge on any atom is 0.416 e. The predicted octanol–water partition coefficient (Wildman–Crippen LogP) is 3.03. The monoisotopic (exact) mass is 404 g/mol. The first-order valence-electron chi connectivity index (χ1n) is 9.06.